The van der Waals surface area contributed by atoms with Crippen LogP contribution in [-0.2, 0) is 26.3 Å². The molecule has 0 aromatic carbocycles. The molecule has 0 aliphatic heterocycles. The highest BCUT2D eigenvalue weighted by molar-refractivity contribution is 14.0. The van der Waals surface area contributed by atoms with Crippen molar-refractivity contribution in [3.05, 3.63) is 27.7 Å². The third-order valence-corrected chi connectivity index (χ3v) is 4.00. The summed E-state index contributed by atoms with van der Waals surface area (Å²) in [7, 11) is 1.84. The summed E-state index contributed by atoms with van der Waals surface area (Å²) in [6, 6.07) is 0. The molecule has 0 bridgehead atoms. The number of hydrogen-bond acceptors (Lipinski definition) is 5. The molecule has 0 aliphatic rings. The number of guanidine groups is 1. The molecule has 2 N–H and O–H groups in total. The molecule has 0 fully saturated rings. The van der Waals surface area contributed by atoms with Crippen LogP contribution in [0.4, 0.5) is 13.2 Å². The van der Waals surface area contributed by atoms with Crippen LogP contribution in [0.2, 0.25) is 0 Å². The van der Waals surface area contributed by atoms with Gasteiger partial charge in [-0.25, -0.2) is 9.98 Å². The fourth-order valence-electron chi connectivity index (χ4n) is 1.76. The molecule has 0 radical (unpaired) electrons. The molecule has 25 heavy (non-hydrogen) atoms. The van der Waals surface area contributed by atoms with Crippen LogP contribution in [-0.4, -0.2) is 32.3 Å². The highest BCUT2D eigenvalue weighted by Gasteiger charge is 2.33. The first-order valence-electron chi connectivity index (χ1n) is 7.20. The molecule has 0 spiro atoms. The van der Waals surface area contributed by atoms with Crippen molar-refractivity contribution in [2.75, 3.05) is 6.54 Å². The van der Waals surface area contributed by atoms with Crippen molar-refractivity contribution in [3.63, 3.8) is 0 Å². The molecule has 2 rings (SSSR count). The van der Waals surface area contributed by atoms with E-state index in [9.17, 15) is 13.2 Å². The van der Waals surface area contributed by atoms with E-state index < -0.39 is 11.9 Å². The second-order valence-electron chi connectivity index (χ2n) is 4.90. The minimum absolute atomic E-state index is 0. The molecule has 0 saturated carbocycles. The highest BCUT2D eigenvalue weighted by Crippen LogP contribution is 2.29. The largest absolute Gasteiger partial charge is 0.434 e. The summed E-state index contributed by atoms with van der Waals surface area (Å²) < 4.78 is 39.4. The summed E-state index contributed by atoms with van der Waals surface area (Å²) in [5.74, 6) is 1.95. The smallest absolute Gasteiger partial charge is 0.357 e. The van der Waals surface area contributed by atoms with Crippen LogP contribution in [0, 0.1) is 6.92 Å². The van der Waals surface area contributed by atoms with Gasteiger partial charge in [-0.3, -0.25) is 0 Å². The minimum atomic E-state index is -4.42. The summed E-state index contributed by atoms with van der Waals surface area (Å²) >= 11 is 0.954. The van der Waals surface area contributed by atoms with Crippen molar-refractivity contribution in [2.45, 2.75) is 33.1 Å². The Morgan fingerprint density at radius 3 is 2.56 bits per heavy atom. The molecule has 2 heterocycles. The van der Waals surface area contributed by atoms with Crippen molar-refractivity contribution in [1.29, 1.82) is 0 Å². The second kappa shape index (κ2) is 9.31. The van der Waals surface area contributed by atoms with Gasteiger partial charge in [-0.15, -0.1) is 45.5 Å². The van der Waals surface area contributed by atoms with Gasteiger partial charge in [0.25, 0.3) is 0 Å². The van der Waals surface area contributed by atoms with Gasteiger partial charge in [0, 0.05) is 19.0 Å². The second-order valence-corrected chi connectivity index (χ2v) is 5.84. The van der Waals surface area contributed by atoms with E-state index in [0.29, 0.717) is 29.9 Å². The first-order valence-corrected chi connectivity index (χ1v) is 8.08. The number of aliphatic imine (C=N–C) groups is 1. The molecule has 0 atom stereocenters. The number of nitrogens with one attached hydrogen (secondary N) is 2. The van der Waals surface area contributed by atoms with E-state index >= 15 is 0 Å². The lowest BCUT2D eigenvalue weighted by Gasteiger charge is -2.10. The molecule has 7 nitrogen and oxygen atoms in total. The maximum absolute atomic E-state index is 12.5. The fraction of sp³-hybridized carbons (Fsp3) is 0.538. The molecule has 0 amide bonds. The Bertz CT molecular complexity index is 711. The number of hydrogen-bond donors (Lipinski definition) is 2. The van der Waals surface area contributed by atoms with E-state index in [-0.39, 0.29) is 30.5 Å². The van der Waals surface area contributed by atoms with E-state index in [1.54, 1.807) is 0 Å². The van der Waals surface area contributed by atoms with Crippen LogP contribution in [0.3, 0.4) is 0 Å². The predicted molar refractivity (Wildman–Crippen MR) is 99.9 cm³/mol. The normalized spacial score (nSPS) is 12.0. The summed E-state index contributed by atoms with van der Waals surface area (Å²) in [5, 5.41) is 15.3. The number of halogens is 4. The summed E-state index contributed by atoms with van der Waals surface area (Å²) in [6.45, 7) is 4.82. The molecule has 0 saturated heterocycles. The van der Waals surface area contributed by atoms with Crippen molar-refractivity contribution in [1.82, 2.24) is 30.4 Å². The number of aryl methyl sites for hydroxylation is 1. The van der Waals surface area contributed by atoms with E-state index in [1.807, 2.05) is 25.5 Å². The van der Waals surface area contributed by atoms with Gasteiger partial charge in [-0.1, -0.05) is 0 Å². The van der Waals surface area contributed by atoms with Gasteiger partial charge >= 0.3 is 6.18 Å². The van der Waals surface area contributed by atoms with E-state index in [0.717, 1.165) is 22.5 Å². The van der Waals surface area contributed by atoms with Gasteiger partial charge in [-0.05, 0) is 13.8 Å². The fourth-order valence-corrected chi connectivity index (χ4v) is 2.50. The molecule has 140 valence electrons. The van der Waals surface area contributed by atoms with Crippen LogP contribution in [0.15, 0.2) is 10.4 Å². The van der Waals surface area contributed by atoms with Crippen molar-refractivity contribution in [2.24, 2.45) is 12.0 Å². The number of rotatable bonds is 5. The lowest BCUT2D eigenvalue weighted by Crippen LogP contribution is -2.36. The van der Waals surface area contributed by atoms with Gasteiger partial charge in [0.2, 0.25) is 0 Å². The number of alkyl halides is 3. The van der Waals surface area contributed by atoms with Gasteiger partial charge in [0.1, 0.15) is 17.4 Å². The summed E-state index contributed by atoms with van der Waals surface area (Å²) in [5.41, 5.74) is -0.874. The minimum Gasteiger partial charge on any atom is -0.357 e. The third kappa shape index (κ3) is 6.09. The topological polar surface area (TPSA) is 80.0 Å². The van der Waals surface area contributed by atoms with E-state index in [2.05, 4.69) is 30.8 Å². The average Bonchev–Trinajstić information content (AvgIpc) is 3.11. The van der Waals surface area contributed by atoms with Crippen LogP contribution in [0.25, 0.3) is 0 Å². The van der Waals surface area contributed by atoms with Gasteiger partial charge in [0.05, 0.1) is 6.54 Å². The Morgan fingerprint density at radius 2 is 2.04 bits per heavy atom. The Labute approximate surface area is 164 Å². The Morgan fingerprint density at radius 1 is 1.32 bits per heavy atom. The molecule has 2 aromatic rings. The molecular weight excluding hydrogens is 470 g/mol. The molecule has 12 heteroatoms. The molecular formula is C13H19F3IN7S. The van der Waals surface area contributed by atoms with Gasteiger partial charge < -0.3 is 15.2 Å². The SMILES string of the molecule is CCNC(=NCc1nnc(C)n1C)NCc1nc(C(F)(F)F)cs1.I. The molecule has 2 aromatic heterocycles. The Balaban J connectivity index is 0.00000312. The van der Waals surface area contributed by atoms with Crippen LogP contribution in [0.5, 0.6) is 0 Å². The standard InChI is InChI=1S/C13H18F3N7S.HI/c1-4-17-12(18-5-10-22-21-8(2)23(10)3)19-6-11-20-9(7-24-11)13(14,15)16;/h7H,4-6H2,1-3H3,(H2,17,18,19);1H. The third-order valence-electron chi connectivity index (χ3n) is 3.15. The first kappa shape index (κ1) is 21.6. The zero-order valence-electron chi connectivity index (χ0n) is 13.9. The Hall–Kier alpha value is -1.44. The van der Waals surface area contributed by atoms with Gasteiger partial charge in [0.15, 0.2) is 17.5 Å². The monoisotopic (exact) mass is 489 g/mol. The van der Waals surface area contributed by atoms with Crippen LogP contribution >= 0.6 is 35.3 Å². The summed E-state index contributed by atoms with van der Waals surface area (Å²) in [4.78, 5) is 7.93. The number of aromatic nitrogens is 4. The van der Waals surface area contributed by atoms with E-state index in [1.165, 1.54) is 0 Å². The van der Waals surface area contributed by atoms with Gasteiger partial charge in [-0.2, -0.15) is 13.2 Å². The van der Waals surface area contributed by atoms with Crippen molar-refractivity contribution >= 4 is 41.3 Å². The van der Waals surface area contributed by atoms with Crippen molar-refractivity contribution < 1.29 is 13.2 Å². The summed E-state index contributed by atoms with van der Waals surface area (Å²) in [6.07, 6.45) is -4.42. The number of nitrogens with zero attached hydrogens (tertiary/aromatic N) is 5. The average molecular weight is 489 g/mol. The zero-order valence-corrected chi connectivity index (χ0v) is 17.0. The molecule has 0 aliphatic carbocycles. The molecule has 0 unspecified atom stereocenters. The van der Waals surface area contributed by atoms with E-state index in [4.69, 9.17) is 0 Å². The van der Waals surface area contributed by atoms with Crippen LogP contribution < -0.4 is 10.6 Å². The number of thiazole rings is 1. The van der Waals surface area contributed by atoms with Crippen LogP contribution in [0.1, 0.15) is 29.3 Å². The highest BCUT2D eigenvalue weighted by atomic mass is 127. The first-order chi connectivity index (χ1) is 11.3. The maximum Gasteiger partial charge on any atom is 0.434 e. The zero-order chi connectivity index (χ0) is 17.7. The lowest BCUT2D eigenvalue weighted by molar-refractivity contribution is -0.140. The van der Waals surface area contributed by atoms with Crippen molar-refractivity contribution in [3.8, 4) is 0 Å². The maximum atomic E-state index is 12.5. The lowest BCUT2D eigenvalue weighted by atomic mass is 10.5. The Kier molecular flexibility index (Phi) is 8.05. The quantitative estimate of drug-likeness (QED) is 0.384. The predicted octanol–water partition coefficient (Wildman–Crippen LogP) is 2.47.